The molecule has 0 unspecified atom stereocenters. The predicted octanol–water partition coefficient (Wildman–Crippen LogP) is -5.53. The molecule has 0 N–H and O–H groups in total. The van der Waals surface area contributed by atoms with Gasteiger partial charge < -0.3 is 9.41 Å². The van der Waals surface area contributed by atoms with Crippen LogP contribution < -0.4 is 9.41 Å². The Balaban J connectivity index is -0.00000000667. The zero-order valence-electron chi connectivity index (χ0n) is 2.31. The Hall–Kier alpha value is 1.04. The van der Waals surface area contributed by atoms with E-state index in [1.807, 2.05) is 0 Å². The van der Waals surface area contributed by atoms with E-state index in [4.69, 9.17) is 0 Å². The second kappa shape index (κ2) is 36.9. The van der Waals surface area contributed by atoms with Gasteiger partial charge in [0.15, 0.2) is 0 Å². The van der Waals surface area contributed by atoms with Gasteiger partial charge in [-0.1, -0.05) is 0 Å². The molecular formula is CuF4Sn. The Bertz CT molecular complexity index is 7.51. The third kappa shape index (κ3) is 76.2. The summed E-state index contributed by atoms with van der Waals surface area (Å²) >= 11 is -1.19. The zero-order chi connectivity index (χ0) is 2.71. The first-order valence-electron chi connectivity index (χ1n) is 0.228. The summed E-state index contributed by atoms with van der Waals surface area (Å²) < 4.78 is 19.1. The van der Waals surface area contributed by atoms with Crippen LogP contribution >= 0.6 is 0 Å². The molecule has 0 rings (SSSR count). The minimum Gasteiger partial charge on any atom is 2.00 e. The summed E-state index contributed by atoms with van der Waals surface area (Å²) in [4.78, 5) is 0. The van der Waals surface area contributed by atoms with Gasteiger partial charge in [0.2, 0.25) is 0 Å². The Kier molecular flexibility index (Phi) is 171. The molecular weight excluding hydrogens is 258 g/mol. The van der Waals surface area contributed by atoms with E-state index in [-0.39, 0.29) is 33.3 Å². The van der Waals surface area contributed by atoms with Crippen molar-refractivity contribution in [2.24, 2.45) is 0 Å². The van der Waals surface area contributed by atoms with E-state index in [9.17, 15) is 7.10 Å². The standard InChI is InChI=1S/Cu.4FH.Sn/h;4*1H;/q+2;;;;;+2/p-4. The van der Waals surface area contributed by atoms with Gasteiger partial charge in [-0.15, -0.1) is 0 Å². The van der Waals surface area contributed by atoms with Crippen LogP contribution in [0.3, 0.4) is 0 Å². The molecule has 0 saturated heterocycles. The normalized spacial score (nSPS) is 3.67. The first-order valence-corrected chi connectivity index (χ1v) is 0.940. The fourth-order valence-corrected chi connectivity index (χ4v) is 0. The van der Waals surface area contributed by atoms with Crippen LogP contribution in [0.5, 0.6) is 0 Å². The van der Waals surface area contributed by atoms with Gasteiger partial charge in [0.1, 0.15) is 0 Å². The molecule has 2 radical (unpaired) electrons. The molecule has 0 atom stereocenters. The van der Waals surface area contributed by atoms with Crippen LogP contribution in [-0.4, -0.2) is 23.9 Å². The summed E-state index contributed by atoms with van der Waals surface area (Å²) in [5, 5.41) is 0. The van der Waals surface area contributed by atoms with Crippen molar-refractivity contribution < 1.29 is 32.4 Å². The molecule has 0 amide bonds. The first-order chi connectivity index (χ1) is 1.41. The second-order valence-corrected chi connectivity index (χ2v) is 0.178. The van der Waals surface area contributed by atoms with Gasteiger partial charge in [-0.2, -0.15) is 0 Å². The molecule has 0 aliphatic carbocycles. The number of rotatable bonds is 0. The van der Waals surface area contributed by atoms with E-state index >= 15 is 0 Å². The van der Waals surface area contributed by atoms with Crippen molar-refractivity contribution in [1.82, 2.24) is 0 Å². The third-order valence-electron chi connectivity index (χ3n) is 0. The van der Waals surface area contributed by atoms with E-state index in [1.54, 1.807) is 0 Å². The first kappa shape index (κ1) is 27.8. The van der Waals surface area contributed by atoms with Crippen molar-refractivity contribution in [1.29, 1.82) is 0 Å². The summed E-state index contributed by atoms with van der Waals surface area (Å²) in [5.41, 5.74) is 0. The zero-order valence-corrected chi connectivity index (χ0v) is 6.11. The largest absolute Gasteiger partial charge is 2.00 e. The molecule has 0 aromatic rings. The number of hydrogen-bond acceptors (Lipinski definition) is 0. The molecule has 6 heavy (non-hydrogen) atoms. The monoisotopic (exact) mass is 259 g/mol. The number of hydrogen-bond donors (Lipinski definition) is 0. The van der Waals surface area contributed by atoms with Crippen molar-refractivity contribution >= 4 is 23.9 Å². The Labute approximate surface area is 56.4 Å². The molecule has 43 valence electrons. The van der Waals surface area contributed by atoms with Crippen molar-refractivity contribution in [3.05, 3.63) is 0 Å². The van der Waals surface area contributed by atoms with Gasteiger partial charge in [0.25, 0.3) is 0 Å². The smallest absolute Gasteiger partial charge is 2.00 e. The summed E-state index contributed by atoms with van der Waals surface area (Å²) in [6, 6.07) is 0. The molecule has 0 aromatic carbocycles. The molecule has 6 heteroatoms. The molecule has 0 aliphatic rings. The van der Waals surface area contributed by atoms with Crippen LogP contribution in [0.15, 0.2) is 0 Å². The summed E-state index contributed by atoms with van der Waals surface area (Å²) in [7, 11) is 0. The van der Waals surface area contributed by atoms with E-state index in [0.717, 1.165) is 0 Å². The van der Waals surface area contributed by atoms with Gasteiger partial charge in [-0.25, -0.2) is 0 Å². The quantitative estimate of drug-likeness (QED) is 0.300. The van der Waals surface area contributed by atoms with Gasteiger partial charge in [0.05, 0.1) is 0 Å². The second-order valence-electron chi connectivity index (χ2n) is 0.0431. The molecule has 0 aliphatic heterocycles. The van der Waals surface area contributed by atoms with Gasteiger partial charge in [0, 0.05) is 0 Å². The van der Waals surface area contributed by atoms with Crippen LogP contribution in [0.4, 0.5) is 7.10 Å². The average molecular weight is 258 g/mol. The summed E-state index contributed by atoms with van der Waals surface area (Å²) in [6.07, 6.45) is 0. The number of halogens is 4. The average Bonchev–Trinajstić information content (AvgIpc) is 0.918. The van der Waals surface area contributed by atoms with E-state index < -0.39 is 15.9 Å². The minimum absolute atomic E-state index is 0. The Morgan fingerprint density at radius 3 is 1.00 bits per heavy atom. The molecule has 0 saturated carbocycles. The van der Waals surface area contributed by atoms with Crippen LogP contribution in [-0.2, 0) is 15.9 Å². The van der Waals surface area contributed by atoms with E-state index in [2.05, 4.69) is 0 Å². The van der Waals surface area contributed by atoms with Gasteiger partial charge >= 0.3 is 46.9 Å². The van der Waals surface area contributed by atoms with Gasteiger partial charge in [-0.05, 0) is 0 Å². The molecule has 0 bridgehead atoms. The third-order valence-corrected chi connectivity index (χ3v) is 0. The van der Waals surface area contributed by atoms with Crippen molar-refractivity contribution in [3.63, 3.8) is 0 Å². The van der Waals surface area contributed by atoms with Crippen LogP contribution in [0.2, 0.25) is 0 Å². The molecule has 0 fully saturated rings. The predicted molar refractivity (Wildman–Crippen MR) is 7.97 cm³/mol. The fraction of sp³-hybridized carbons (Fsp3) is 0. The van der Waals surface area contributed by atoms with Crippen molar-refractivity contribution in [3.8, 4) is 0 Å². The van der Waals surface area contributed by atoms with Crippen molar-refractivity contribution in [2.75, 3.05) is 0 Å². The maximum absolute atomic E-state index is 9.53. The fourth-order valence-electron chi connectivity index (χ4n) is 0. The molecule has 0 aromatic heterocycles. The summed E-state index contributed by atoms with van der Waals surface area (Å²) in [5.74, 6) is 0. The van der Waals surface area contributed by atoms with E-state index in [1.165, 1.54) is 0 Å². The molecule has 0 nitrogen and oxygen atoms in total. The van der Waals surface area contributed by atoms with Crippen LogP contribution in [0, 0.1) is 0 Å². The van der Waals surface area contributed by atoms with Crippen LogP contribution in [0.1, 0.15) is 0 Å². The SMILES string of the molecule is [F-].[F-].[F][Cu][F].[Sn+2]. The van der Waals surface area contributed by atoms with Gasteiger partial charge in [-0.3, -0.25) is 0 Å². The topological polar surface area (TPSA) is 0 Å². The minimum atomic E-state index is -1.19. The molecule has 0 heterocycles. The van der Waals surface area contributed by atoms with Crippen LogP contribution in [0.25, 0.3) is 0 Å². The van der Waals surface area contributed by atoms with E-state index in [0.29, 0.717) is 0 Å². The summed E-state index contributed by atoms with van der Waals surface area (Å²) in [6.45, 7) is 0. The maximum Gasteiger partial charge on any atom is 2.00 e. The Morgan fingerprint density at radius 1 is 1.00 bits per heavy atom. The van der Waals surface area contributed by atoms with Crippen molar-refractivity contribution in [2.45, 2.75) is 0 Å². The Morgan fingerprint density at radius 2 is 1.00 bits per heavy atom. The maximum atomic E-state index is 9.53. The molecule has 0 spiro atoms.